The van der Waals surface area contributed by atoms with Crippen LogP contribution in [0.1, 0.15) is 31.2 Å². The van der Waals surface area contributed by atoms with Crippen LogP contribution < -0.4 is 5.32 Å². The fraction of sp³-hybridized carbons (Fsp3) is 0.462. The number of nitrogens with zero attached hydrogens (tertiary/aromatic N) is 2. The molecule has 0 unspecified atom stereocenters. The fourth-order valence-corrected chi connectivity index (χ4v) is 3.00. The summed E-state index contributed by atoms with van der Waals surface area (Å²) in [6, 6.07) is 0.947. The van der Waals surface area contributed by atoms with Gasteiger partial charge in [-0.05, 0) is 24.5 Å². The molecule has 0 radical (unpaired) electrons. The van der Waals surface area contributed by atoms with Crippen LogP contribution in [0.3, 0.4) is 0 Å². The second-order valence-electron chi connectivity index (χ2n) is 5.10. The van der Waals surface area contributed by atoms with Crippen molar-refractivity contribution < 1.29 is 14.0 Å². The maximum Gasteiger partial charge on any atom is 0.325 e. The number of rotatable bonds is 2. The zero-order valence-corrected chi connectivity index (χ0v) is 10.4. The van der Waals surface area contributed by atoms with Crippen LogP contribution >= 0.6 is 0 Å². The first kappa shape index (κ1) is 12.1. The SMILES string of the molecule is O=C1NC(=O)C2(CCCC2)N1Cc1cncc(F)c1. The van der Waals surface area contributed by atoms with E-state index in [-0.39, 0.29) is 12.5 Å². The van der Waals surface area contributed by atoms with E-state index >= 15 is 0 Å². The van der Waals surface area contributed by atoms with Crippen molar-refractivity contribution in [2.75, 3.05) is 0 Å². The highest BCUT2D eigenvalue weighted by molar-refractivity contribution is 6.07. The number of pyridine rings is 1. The lowest BCUT2D eigenvalue weighted by Gasteiger charge is -2.31. The van der Waals surface area contributed by atoms with Crippen LogP contribution in [0.4, 0.5) is 9.18 Å². The van der Waals surface area contributed by atoms with Crippen LogP contribution in [0.25, 0.3) is 0 Å². The quantitative estimate of drug-likeness (QED) is 0.824. The third-order valence-electron chi connectivity index (χ3n) is 3.94. The number of carbonyl (C=O) groups excluding carboxylic acids is 2. The average molecular weight is 263 g/mol. The third-order valence-corrected chi connectivity index (χ3v) is 3.94. The van der Waals surface area contributed by atoms with Gasteiger partial charge in [-0.1, -0.05) is 12.8 Å². The van der Waals surface area contributed by atoms with E-state index in [1.807, 2.05) is 0 Å². The van der Waals surface area contributed by atoms with Crippen LogP contribution in [0.5, 0.6) is 0 Å². The molecule has 19 heavy (non-hydrogen) atoms. The van der Waals surface area contributed by atoms with E-state index in [2.05, 4.69) is 10.3 Å². The summed E-state index contributed by atoms with van der Waals surface area (Å²) in [6.07, 6.45) is 5.84. The van der Waals surface area contributed by atoms with Crippen LogP contribution in [0.2, 0.25) is 0 Å². The summed E-state index contributed by atoms with van der Waals surface area (Å²) in [6.45, 7) is 0.211. The minimum atomic E-state index is -0.733. The summed E-state index contributed by atoms with van der Waals surface area (Å²) >= 11 is 0. The number of hydrogen-bond acceptors (Lipinski definition) is 3. The predicted molar refractivity (Wildman–Crippen MR) is 64.5 cm³/mol. The van der Waals surface area contributed by atoms with Gasteiger partial charge in [0, 0.05) is 6.20 Å². The van der Waals surface area contributed by atoms with E-state index in [1.54, 1.807) is 0 Å². The first-order valence-corrected chi connectivity index (χ1v) is 6.34. The molecule has 2 aliphatic rings. The molecule has 1 aromatic heterocycles. The maximum absolute atomic E-state index is 13.1. The molecule has 100 valence electrons. The van der Waals surface area contributed by atoms with E-state index in [0.717, 1.165) is 19.0 Å². The van der Waals surface area contributed by atoms with E-state index in [1.165, 1.54) is 17.2 Å². The molecule has 1 aliphatic carbocycles. The first-order chi connectivity index (χ1) is 9.12. The number of aromatic nitrogens is 1. The minimum Gasteiger partial charge on any atom is -0.305 e. The van der Waals surface area contributed by atoms with Gasteiger partial charge in [-0.3, -0.25) is 15.1 Å². The molecule has 1 N–H and O–H groups in total. The highest BCUT2D eigenvalue weighted by Gasteiger charge is 2.53. The van der Waals surface area contributed by atoms with Crippen molar-refractivity contribution in [3.63, 3.8) is 0 Å². The molecule has 1 spiro atoms. The van der Waals surface area contributed by atoms with Gasteiger partial charge in [-0.15, -0.1) is 0 Å². The zero-order valence-electron chi connectivity index (χ0n) is 10.4. The Bertz CT molecular complexity index is 540. The van der Waals surface area contributed by atoms with Crippen molar-refractivity contribution in [2.24, 2.45) is 0 Å². The van der Waals surface area contributed by atoms with Crippen molar-refractivity contribution in [3.8, 4) is 0 Å². The van der Waals surface area contributed by atoms with Crippen molar-refractivity contribution in [1.82, 2.24) is 15.2 Å². The Morgan fingerprint density at radius 2 is 2.05 bits per heavy atom. The van der Waals surface area contributed by atoms with Gasteiger partial charge in [0.25, 0.3) is 5.91 Å². The number of nitrogens with one attached hydrogen (secondary N) is 1. The molecule has 1 aliphatic heterocycles. The van der Waals surface area contributed by atoms with Crippen LogP contribution in [0, 0.1) is 5.82 Å². The number of urea groups is 1. The summed E-state index contributed by atoms with van der Waals surface area (Å²) in [5.41, 5.74) is -0.139. The van der Waals surface area contributed by atoms with Gasteiger partial charge in [0.2, 0.25) is 0 Å². The van der Waals surface area contributed by atoms with E-state index < -0.39 is 17.4 Å². The minimum absolute atomic E-state index is 0.211. The second kappa shape index (κ2) is 4.29. The maximum atomic E-state index is 13.1. The van der Waals surface area contributed by atoms with E-state index in [4.69, 9.17) is 0 Å². The predicted octanol–water partition coefficient (Wildman–Crippen LogP) is 1.59. The molecule has 1 saturated carbocycles. The topological polar surface area (TPSA) is 62.3 Å². The Hall–Kier alpha value is -1.98. The molecule has 0 atom stereocenters. The summed E-state index contributed by atoms with van der Waals surface area (Å²) in [4.78, 5) is 29.2. The number of halogens is 1. The molecule has 2 heterocycles. The molecule has 3 rings (SSSR count). The lowest BCUT2D eigenvalue weighted by Crippen LogP contribution is -2.46. The first-order valence-electron chi connectivity index (χ1n) is 6.34. The van der Waals surface area contributed by atoms with Crippen LogP contribution in [-0.2, 0) is 11.3 Å². The average Bonchev–Trinajstić information content (AvgIpc) is 2.93. The van der Waals surface area contributed by atoms with Gasteiger partial charge < -0.3 is 4.90 Å². The highest BCUT2D eigenvalue weighted by atomic mass is 19.1. The molecule has 0 aromatic carbocycles. The van der Waals surface area contributed by atoms with Crippen molar-refractivity contribution in [2.45, 2.75) is 37.8 Å². The number of amides is 3. The van der Waals surface area contributed by atoms with Crippen molar-refractivity contribution in [3.05, 3.63) is 29.8 Å². The lowest BCUT2D eigenvalue weighted by molar-refractivity contribution is -0.126. The highest BCUT2D eigenvalue weighted by Crippen LogP contribution is 2.39. The van der Waals surface area contributed by atoms with Gasteiger partial charge in [0.1, 0.15) is 11.4 Å². The summed E-state index contributed by atoms with van der Waals surface area (Å²) in [7, 11) is 0. The number of carbonyl (C=O) groups is 2. The summed E-state index contributed by atoms with van der Waals surface area (Å²) in [5.74, 6) is -0.664. The van der Waals surface area contributed by atoms with Gasteiger partial charge in [-0.2, -0.15) is 0 Å². The fourth-order valence-electron chi connectivity index (χ4n) is 3.00. The standard InChI is InChI=1S/C13H14FN3O2/c14-10-5-9(6-15-7-10)8-17-12(19)16-11(18)13(17)3-1-2-4-13/h5-7H,1-4,8H2,(H,16,18,19). The van der Waals surface area contributed by atoms with Gasteiger partial charge >= 0.3 is 6.03 Å². The van der Waals surface area contributed by atoms with Crippen molar-refractivity contribution >= 4 is 11.9 Å². The second-order valence-corrected chi connectivity index (χ2v) is 5.10. The Balaban J connectivity index is 1.90. The molecular formula is C13H14FN3O2. The molecule has 2 fully saturated rings. The normalized spacial score (nSPS) is 21.2. The third kappa shape index (κ3) is 1.87. The lowest BCUT2D eigenvalue weighted by atomic mass is 9.95. The summed E-state index contributed by atoms with van der Waals surface area (Å²) < 4.78 is 13.1. The smallest absolute Gasteiger partial charge is 0.305 e. The Morgan fingerprint density at radius 3 is 2.74 bits per heavy atom. The van der Waals surface area contributed by atoms with Gasteiger partial charge in [-0.25, -0.2) is 9.18 Å². The zero-order chi connectivity index (χ0) is 13.5. The number of imide groups is 1. The molecule has 0 bridgehead atoms. The molecule has 5 nitrogen and oxygen atoms in total. The van der Waals surface area contributed by atoms with E-state index in [0.29, 0.717) is 18.4 Å². The molecule has 3 amide bonds. The molecule has 1 aromatic rings. The van der Waals surface area contributed by atoms with Crippen LogP contribution in [-0.4, -0.2) is 27.4 Å². The van der Waals surface area contributed by atoms with Gasteiger partial charge in [0.05, 0.1) is 12.7 Å². The molecular weight excluding hydrogens is 249 g/mol. The Morgan fingerprint density at radius 1 is 1.32 bits per heavy atom. The van der Waals surface area contributed by atoms with Crippen molar-refractivity contribution in [1.29, 1.82) is 0 Å². The Kier molecular flexibility index (Phi) is 2.73. The van der Waals surface area contributed by atoms with E-state index in [9.17, 15) is 14.0 Å². The largest absolute Gasteiger partial charge is 0.325 e. The monoisotopic (exact) mass is 263 g/mol. The summed E-state index contributed by atoms with van der Waals surface area (Å²) in [5, 5.41) is 2.37. The van der Waals surface area contributed by atoms with Crippen LogP contribution in [0.15, 0.2) is 18.5 Å². The molecule has 6 heteroatoms. The Labute approximate surface area is 109 Å². The molecule has 1 saturated heterocycles. The van der Waals surface area contributed by atoms with Gasteiger partial charge in [0.15, 0.2) is 0 Å². The number of hydrogen-bond donors (Lipinski definition) is 1.